The summed E-state index contributed by atoms with van der Waals surface area (Å²) in [6, 6.07) is 0. The van der Waals surface area contributed by atoms with Gasteiger partial charge in [-0.2, -0.15) is 0 Å². The van der Waals surface area contributed by atoms with Crippen molar-refractivity contribution >= 4 is 0 Å². The first-order valence-corrected chi connectivity index (χ1v) is 9.93. The van der Waals surface area contributed by atoms with Crippen molar-refractivity contribution < 1.29 is 4.74 Å². The van der Waals surface area contributed by atoms with Crippen LogP contribution in [0.15, 0.2) is 0 Å². The van der Waals surface area contributed by atoms with Crippen LogP contribution in [0.5, 0.6) is 0 Å². The second-order valence-electron chi connectivity index (χ2n) is 8.39. The Balaban J connectivity index is 1.33. The molecule has 3 aliphatic carbocycles. The highest BCUT2D eigenvalue weighted by atomic mass is 16.5. The van der Waals surface area contributed by atoms with Crippen molar-refractivity contribution in [2.24, 2.45) is 23.7 Å². The molecule has 0 amide bonds. The molecule has 0 aromatic heterocycles. The Morgan fingerprint density at radius 3 is 1.86 bits per heavy atom. The van der Waals surface area contributed by atoms with Crippen molar-refractivity contribution in [1.82, 2.24) is 0 Å². The fourth-order valence-electron chi connectivity index (χ4n) is 5.09. The Kier molecular flexibility index (Phi) is 6.03. The summed E-state index contributed by atoms with van der Waals surface area (Å²) >= 11 is 0. The Morgan fingerprint density at radius 1 is 0.667 bits per heavy atom. The second-order valence-corrected chi connectivity index (χ2v) is 8.39. The molecule has 1 heteroatoms. The summed E-state index contributed by atoms with van der Waals surface area (Å²) in [4.78, 5) is 0. The maximum Gasteiger partial charge on any atom is 0.0575 e. The monoisotopic (exact) mass is 292 g/mol. The quantitative estimate of drug-likeness (QED) is 0.620. The number of hydrogen-bond acceptors (Lipinski definition) is 1. The number of ether oxygens (including phenoxy) is 1. The summed E-state index contributed by atoms with van der Waals surface area (Å²) < 4.78 is 6.22. The fraction of sp³-hybridized carbons (Fsp3) is 1.00. The summed E-state index contributed by atoms with van der Waals surface area (Å²) in [6.45, 7) is 3.51. The van der Waals surface area contributed by atoms with E-state index in [1.54, 1.807) is 0 Å². The van der Waals surface area contributed by atoms with E-state index >= 15 is 0 Å². The van der Waals surface area contributed by atoms with Crippen molar-refractivity contribution in [2.45, 2.75) is 96.5 Å². The molecule has 3 fully saturated rings. The zero-order valence-electron chi connectivity index (χ0n) is 14.2. The lowest BCUT2D eigenvalue weighted by Gasteiger charge is -2.37. The molecule has 0 radical (unpaired) electrons. The summed E-state index contributed by atoms with van der Waals surface area (Å²) in [5, 5.41) is 0. The standard InChI is InChI=1S/C20H36O/c1-16-7-11-18(12-8-16)19-13-9-17(10-14-19)15-21-20-5-3-2-4-6-20/h16-20H,2-15H2,1H3. The topological polar surface area (TPSA) is 9.23 Å². The average molecular weight is 293 g/mol. The molecular formula is C20H36O. The van der Waals surface area contributed by atoms with Gasteiger partial charge in [0.25, 0.3) is 0 Å². The third-order valence-corrected chi connectivity index (χ3v) is 6.74. The SMILES string of the molecule is CC1CCC(C2CCC(COC3CCCCC3)CC2)CC1. The first-order valence-electron chi connectivity index (χ1n) is 9.93. The van der Waals surface area contributed by atoms with E-state index in [1.807, 2.05) is 0 Å². The smallest absolute Gasteiger partial charge is 0.0575 e. The molecule has 3 rings (SSSR count). The van der Waals surface area contributed by atoms with Gasteiger partial charge in [-0.25, -0.2) is 0 Å². The van der Waals surface area contributed by atoms with E-state index in [-0.39, 0.29) is 0 Å². The molecule has 0 atom stereocenters. The molecule has 0 unspecified atom stereocenters. The molecule has 21 heavy (non-hydrogen) atoms. The van der Waals surface area contributed by atoms with Gasteiger partial charge in [0.05, 0.1) is 6.10 Å². The zero-order chi connectivity index (χ0) is 14.5. The van der Waals surface area contributed by atoms with Gasteiger partial charge in [0.1, 0.15) is 0 Å². The third kappa shape index (κ3) is 4.71. The van der Waals surface area contributed by atoms with Gasteiger partial charge in [-0.05, 0) is 75.0 Å². The maximum absolute atomic E-state index is 6.22. The molecule has 0 aromatic carbocycles. The van der Waals surface area contributed by atoms with Crippen molar-refractivity contribution in [1.29, 1.82) is 0 Å². The third-order valence-electron chi connectivity index (χ3n) is 6.74. The van der Waals surface area contributed by atoms with Crippen molar-refractivity contribution in [3.05, 3.63) is 0 Å². The summed E-state index contributed by atoms with van der Waals surface area (Å²) in [5.74, 6) is 4.01. The van der Waals surface area contributed by atoms with Crippen LogP contribution < -0.4 is 0 Å². The fourth-order valence-corrected chi connectivity index (χ4v) is 5.09. The minimum absolute atomic E-state index is 0.608. The van der Waals surface area contributed by atoms with Crippen molar-refractivity contribution in [3.63, 3.8) is 0 Å². The molecule has 0 N–H and O–H groups in total. The molecule has 0 heterocycles. The Labute approximate surface area is 132 Å². The minimum atomic E-state index is 0.608. The minimum Gasteiger partial charge on any atom is -0.378 e. The molecule has 0 bridgehead atoms. The first-order chi connectivity index (χ1) is 10.3. The van der Waals surface area contributed by atoms with Gasteiger partial charge in [0.15, 0.2) is 0 Å². The summed E-state index contributed by atoms with van der Waals surface area (Å²) in [6.07, 6.45) is 19.4. The van der Waals surface area contributed by atoms with E-state index in [9.17, 15) is 0 Å². The lowest BCUT2D eigenvalue weighted by molar-refractivity contribution is -0.00503. The molecule has 1 nitrogen and oxygen atoms in total. The number of rotatable bonds is 4. The van der Waals surface area contributed by atoms with Crippen LogP contribution in [0.1, 0.15) is 90.4 Å². The van der Waals surface area contributed by atoms with Gasteiger partial charge < -0.3 is 4.74 Å². The Bertz CT molecular complexity index is 278. The molecular weight excluding hydrogens is 256 g/mol. The largest absolute Gasteiger partial charge is 0.378 e. The Morgan fingerprint density at radius 2 is 1.24 bits per heavy atom. The van der Waals surface area contributed by atoms with Crippen LogP contribution >= 0.6 is 0 Å². The molecule has 0 saturated heterocycles. The van der Waals surface area contributed by atoms with Crippen molar-refractivity contribution in [3.8, 4) is 0 Å². The van der Waals surface area contributed by atoms with Gasteiger partial charge in [-0.15, -0.1) is 0 Å². The highest BCUT2D eigenvalue weighted by Crippen LogP contribution is 2.41. The van der Waals surface area contributed by atoms with Gasteiger partial charge in [-0.3, -0.25) is 0 Å². The van der Waals surface area contributed by atoms with Gasteiger partial charge >= 0.3 is 0 Å². The van der Waals surface area contributed by atoms with E-state index in [2.05, 4.69) is 6.92 Å². The molecule has 3 saturated carbocycles. The first kappa shape index (κ1) is 15.8. The Hall–Kier alpha value is -0.0400. The molecule has 122 valence electrons. The van der Waals surface area contributed by atoms with Gasteiger partial charge in [0.2, 0.25) is 0 Å². The van der Waals surface area contributed by atoms with Gasteiger partial charge in [-0.1, -0.05) is 39.0 Å². The average Bonchev–Trinajstić information content (AvgIpc) is 2.55. The second kappa shape index (κ2) is 7.99. The molecule has 3 aliphatic rings. The normalized spacial score (nSPS) is 39.3. The van der Waals surface area contributed by atoms with E-state index < -0.39 is 0 Å². The molecule has 0 aromatic rings. The lowest BCUT2D eigenvalue weighted by Crippen LogP contribution is -2.28. The lowest BCUT2D eigenvalue weighted by atomic mass is 9.69. The van der Waals surface area contributed by atoms with E-state index in [1.165, 1.54) is 83.5 Å². The summed E-state index contributed by atoms with van der Waals surface area (Å²) in [7, 11) is 0. The van der Waals surface area contributed by atoms with Gasteiger partial charge in [0, 0.05) is 6.61 Å². The van der Waals surface area contributed by atoms with Crippen LogP contribution in [0.4, 0.5) is 0 Å². The van der Waals surface area contributed by atoms with Crippen LogP contribution in [0, 0.1) is 23.7 Å². The highest BCUT2D eigenvalue weighted by molar-refractivity contribution is 4.81. The van der Waals surface area contributed by atoms with Crippen LogP contribution in [0.3, 0.4) is 0 Å². The maximum atomic E-state index is 6.22. The zero-order valence-corrected chi connectivity index (χ0v) is 14.2. The van der Waals surface area contributed by atoms with Crippen molar-refractivity contribution in [2.75, 3.05) is 6.61 Å². The predicted octanol–water partition coefficient (Wildman–Crippen LogP) is 5.97. The van der Waals surface area contributed by atoms with Crippen LogP contribution in [0.25, 0.3) is 0 Å². The molecule has 0 aliphatic heterocycles. The predicted molar refractivity (Wildman–Crippen MR) is 89.4 cm³/mol. The molecule has 0 spiro atoms. The summed E-state index contributed by atoms with van der Waals surface area (Å²) in [5.41, 5.74) is 0. The van der Waals surface area contributed by atoms with Crippen LogP contribution in [-0.2, 0) is 4.74 Å². The highest BCUT2D eigenvalue weighted by Gasteiger charge is 2.30. The van der Waals surface area contributed by atoms with Crippen LogP contribution in [-0.4, -0.2) is 12.7 Å². The van der Waals surface area contributed by atoms with E-state index in [4.69, 9.17) is 4.74 Å². The van der Waals surface area contributed by atoms with Crippen LogP contribution in [0.2, 0.25) is 0 Å². The van der Waals surface area contributed by atoms with E-state index in [0.717, 1.165) is 30.3 Å². The number of hydrogen-bond donors (Lipinski definition) is 0. The van der Waals surface area contributed by atoms with E-state index in [0.29, 0.717) is 6.10 Å².